The summed E-state index contributed by atoms with van der Waals surface area (Å²) in [6.07, 6.45) is 2.04. The van der Waals surface area contributed by atoms with Crippen LogP contribution in [0.5, 0.6) is 0 Å². The molecule has 5 N–H and O–H groups in total. The van der Waals surface area contributed by atoms with E-state index < -0.39 is 12.0 Å². The molecule has 19 heavy (non-hydrogen) atoms. The minimum Gasteiger partial charge on any atom is -0.468 e. The van der Waals surface area contributed by atoms with Gasteiger partial charge < -0.3 is 20.1 Å². The number of nitrogens with two attached hydrogens (primary N) is 1. The Morgan fingerprint density at radius 1 is 1.58 bits per heavy atom. The number of ether oxygens (including phenoxy) is 1. The fraction of sp³-hybridized carbons (Fsp3) is 0.250. The number of aromatic amines is 1. The lowest BCUT2D eigenvalue weighted by Crippen LogP contribution is -2.33. The fourth-order valence-electron chi connectivity index (χ4n) is 1.79. The molecule has 1 aromatic heterocycles. The molecular formula is C12H15ClFN2O3+. The largest absolute Gasteiger partial charge is 0.468 e. The van der Waals surface area contributed by atoms with Crippen LogP contribution in [-0.2, 0) is 16.0 Å². The van der Waals surface area contributed by atoms with Gasteiger partial charge in [0.25, 0.3) is 11.9 Å². The molecule has 0 bridgehead atoms. The average molecular weight is 290 g/mol. The maximum Gasteiger partial charge on any atom is 0.322 e. The number of rotatable bonds is 3. The van der Waals surface area contributed by atoms with E-state index in [1.165, 1.54) is 19.2 Å². The first-order valence-electron chi connectivity index (χ1n) is 5.39. The van der Waals surface area contributed by atoms with Gasteiger partial charge in [-0.2, -0.15) is 0 Å². The number of carbonyl (C=O) groups is 1. The van der Waals surface area contributed by atoms with Gasteiger partial charge in [-0.25, -0.2) is 4.39 Å². The van der Waals surface area contributed by atoms with Gasteiger partial charge in [0.1, 0.15) is 11.9 Å². The Morgan fingerprint density at radius 2 is 2.26 bits per heavy atom. The van der Waals surface area contributed by atoms with Gasteiger partial charge in [-0.05, 0) is 23.8 Å². The standard InChI is InChI=1S/C12H13FN2O2.ClHO/c1-17-12(16)10(14)4-7-6-15-11-3-2-8(13)5-9(7)11;1-2/h2-3,5-6,10,15H,4,14H2,1H3;2H/p+1. The Kier molecular flexibility index (Phi) is 5.75. The third-order valence-electron chi connectivity index (χ3n) is 2.67. The highest BCUT2D eigenvalue weighted by atomic mass is 35.5. The molecule has 0 amide bonds. The molecule has 2 aromatic rings. The van der Waals surface area contributed by atoms with Crippen LogP contribution in [0.1, 0.15) is 5.56 Å². The predicted octanol–water partition coefficient (Wildman–Crippen LogP) is 1.21. The molecule has 0 fully saturated rings. The molecule has 0 spiro atoms. The third-order valence-corrected chi connectivity index (χ3v) is 2.67. The molecule has 0 saturated heterocycles. The van der Waals surface area contributed by atoms with E-state index in [2.05, 4.69) is 21.6 Å². The van der Waals surface area contributed by atoms with E-state index in [0.717, 1.165) is 16.5 Å². The van der Waals surface area contributed by atoms with Crippen LogP contribution in [-0.4, -0.2) is 28.8 Å². The first-order valence-corrected chi connectivity index (χ1v) is 5.77. The number of H-pyrrole nitrogens is 1. The third kappa shape index (κ3) is 3.66. The number of nitrogens with one attached hydrogen (secondary N) is 1. The van der Waals surface area contributed by atoms with Crippen LogP contribution < -0.4 is 5.73 Å². The number of benzene rings is 1. The summed E-state index contributed by atoms with van der Waals surface area (Å²) < 4.78 is 22.9. The first-order chi connectivity index (χ1) is 9.11. The normalized spacial score (nSPS) is 11.6. The second kappa shape index (κ2) is 7.08. The minimum absolute atomic E-state index is 0.315. The molecule has 0 aliphatic heterocycles. The Labute approximate surface area is 114 Å². The van der Waals surface area contributed by atoms with Crippen molar-refractivity contribution in [3.05, 3.63) is 35.8 Å². The van der Waals surface area contributed by atoms with Crippen molar-refractivity contribution in [2.45, 2.75) is 12.5 Å². The average Bonchev–Trinajstić information content (AvgIpc) is 2.82. The molecule has 0 saturated carbocycles. The van der Waals surface area contributed by atoms with E-state index in [-0.39, 0.29) is 5.82 Å². The van der Waals surface area contributed by atoms with Crippen LogP contribution in [0.25, 0.3) is 10.9 Å². The van der Waals surface area contributed by atoms with Crippen molar-refractivity contribution in [1.82, 2.24) is 4.98 Å². The van der Waals surface area contributed by atoms with Gasteiger partial charge in [-0.15, -0.1) is 0 Å². The van der Waals surface area contributed by atoms with Crippen LogP contribution in [0.2, 0.25) is 0 Å². The van der Waals surface area contributed by atoms with Crippen LogP contribution in [0.15, 0.2) is 24.4 Å². The van der Waals surface area contributed by atoms with Gasteiger partial charge in [0, 0.05) is 23.5 Å². The summed E-state index contributed by atoms with van der Waals surface area (Å²) in [5.74, 6) is -0.791. The molecule has 7 heteroatoms. The van der Waals surface area contributed by atoms with E-state index in [4.69, 9.17) is 10.4 Å². The summed E-state index contributed by atoms with van der Waals surface area (Å²) in [6.45, 7) is 0. The second-order valence-corrected chi connectivity index (χ2v) is 3.84. The van der Waals surface area contributed by atoms with Crippen LogP contribution in [0.3, 0.4) is 0 Å². The highest BCUT2D eigenvalue weighted by Crippen LogP contribution is 2.20. The summed E-state index contributed by atoms with van der Waals surface area (Å²) in [5.41, 5.74) is 7.29. The smallest absolute Gasteiger partial charge is 0.322 e. The number of aromatic nitrogens is 1. The topological polar surface area (TPSA) is 91.0 Å². The number of carbonyl (C=O) groups excluding carboxylic acids is 1. The van der Waals surface area contributed by atoms with Crippen LogP contribution in [0, 0.1) is 5.82 Å². The Morgan fingerprint density at radius 3 is 2.89 bits per heavy atom. The van der Waals surface area contributed by atoms with Crippen LogP contribution >= 0.6 is 11.9 Å². The van der Waals surface area contributed by atoms with E-state index in [1.54, 1.807) is 12.3 Å². The zero-order valence-electron chi connectivity index (χ0n) is 10.2. The van der Waals surface area contributed by atoms with Crippen molar-refractivity contribution in [2.24, 2.45) is 5.73 Å². The molecule has 104 valence electrons. The molecular weight excluding hydrogens is 275 g/mol. The van der Waals surface area contributed by atoms with Gasteiger partial charge >= 0.3 is 5.97 Å². The first kappa shape index (κ1) is 15.4. The second-order valence-electron chi connectivity index (χ2n) is 3.84. The number of hydrogen-bond donors (Lipinski definition) is 2. The van der Waals surface area contributed by atoms with E-state index >= 15 is 0 Å². The summed E-state index contributed by atoms with van der Waals surface area (Å²) in [7, 11) is 1.29. The molecule has 1 unspecified atom stereocenters. The lowest BCUT2D eigenvalue weighted by Gasteiger charge is -2.07. The monoisotopic (exact) mass is 289 g/mol. The fourth-order valence-corrected chi connectivity index (χ4v) is 1.79. The Hall–Kier alpha value is -1.63. The van der Waals surface area contributed by atoms with Crippen molar-refractivity contribution in [2.75, 3.05) is 7.11 Å². The van der Waals surface area contributed by atoms with Gasteiger partial charge in [-0.1, -0.05) is 0 Å². The molecule has 2 rings (SSSR count). The Balaban J connectivity index is 0.000000861. The lowest BCUT2D eigenvalue weighted by atomic mass is 10.1. The van der Waals surface area contributed by atoms with Crippen molar-refractivity contribution >= 4 is 28.7 Å². The number of methoxy groups -OCH3 is 1. The zero-order chi connectivity index (χ0) is 14.4. The predicted molar refractivity (Wildman–Crippen MR) is 71.4 cm³/mol. The van der Waals surface area contributed by atoms with Crippen LogP contribution in [0.4, 0.5) is 4.39 Å². The van der Waals surface area contributed by atoms with Gasteiger partial charge in [0.15, 0.2) is 0 Å². The zero-order valence-corrected chi connectivity index (χ0v) is 11.0. The maximum atomic E-state index is 13.1. The molecule has 5 nitrogen and oxygen atoms in total. The van der Waals surface area contributed by atoms with Crippen molar-refractivity contribution in [3.63, 3.8) is 0 Å². The van der Waals surface area contributed by atoms with E-state index in [1.807, 2.05) is 0 Å². The van der Waals surface area contributed by atoms with Crippen molar-refractivity contribution in [1.29, 1.82) is 0 Å². The summed E-state index contributed by atoms with van der Waals surface area (Å²) in [6, 6.07) is 3.72. The summed E-state index contributed by atoms with van der Waals surface area (Å²) >= 11 is 3.89. The highest BCUT2D eigenvalue weighted by molar-refractivity contribution is 6.04. The summed E-state index contributed by atoms with van der Waals surface area (Å²) in [5, 5.41) is 0.740. The van der Waals surface area contributed by atoms with E-state index in [0.29, 0.717) is 6.42 Å². The lowest BCUT2D eigenvalue weighted by molar-refractivity contribution is -0.142. The molecule has 1 atom stereocenters. The van der Waals surface area contributed by atoms with Gasteiger partial charge in [-0.3, -0.25) is 4.79 Å². The number of fused-ring (bicyclic) bond motifs is 1. The molecule has 0 radical (unpaired) electrons. The number of esters is 1. The number of hydrogen-bond acceptors (Lipinski definition) is 3. The highest BCUT2D eigenvalue weighted by Gasteiger charge is 2.16. The number of halogens is 2. The molecule has 0 aliphatic carbocycles. The van der Waals surface area contributed by atoms with E-state index in [9.17, 15) is 9.18 Å². The maximum absolute atomic E-state index is 13.1. The SMILES string of the molecule is COC(=O)C(N)Cc1c[nH]c2ccc(F)cc12.[OH2+]Cl. The minimum atomic E-state index is -0.734. The van der Waals surface area contributed by atoms with Gasteiger partial charge in [0.05, 0.1) is 7.11 Å². The summed E-state index contributed by atoms with van der Waals surface area (Å²) in [4.78, 5) is 14.2. The van der Waals surface area contributed by atoms with Crippen molar-refractivity contribution in [3.8, 4) is 0 Å². The Bertz CT molecular complexity index is 559. The quantitative estimate of drug-likeness (QED) is 0.657. The molecule has 1 aromatic carbocycles. The molecule has 0 aliphatic rings. The van der Waals surface area contributed by atoms with Crippen molar-refractivity contribution < 1.29 is 18.6 Å². The van der Waals surface area contributed by atoms with Gasteiger partial charge in [0.2, 0.25) is 0 Å². The molecule has 1 heterocycles.